The number of para-hydroxylation sites is 4. The molecule has 504 valence electrons. The molecule has 22 aromatic rings. The minimum Gasteiger partial charge on any atom is -0.455 e. The Bertz CT molecular complexity index is 7190. The zero-order valence-electron chi connectivity index (χ0n) is 57.5. The molecule has 22 rings (SSSR count). The largest absolute Gasteiger partial charge is 0.455 e. The monoisotopic (exact) mass is 1420 g/mol. The van der Waals surface area contributed by atoms with Crippen LogP contribution in [0, 0.1) is 0 Å². The lowest BCUT2D eigenvalue weighted by Crippen LogP contribution is -2.00. The van der Waals surface area contributed by atoms with Gasteiger partial charge in [0.2, 0.25) is 0 Å². The predicted molar refractivity (Wildman–Crippen MR) is 445 cm³/mol. The van der Waals surface area contributed by atoms with Gasteiger partial charge in [-0.25, -0.2) is 39.9 Å². The summed E-state index contributed by atoms with van der Waals surface area (Å²) in [4.78, 5) is 40.6. The Labute approximate surface area is 626 Å². The summed E-state index contributed by atoms with van der Waals surface area (Å²) >= 11 is 3.64. The lowest BCUT2D eigenvalue weighted by molar-refractivity contribution is 0.669. The van der Waals surface area contributed by atoms with Crippen LogP contribution in [0.15, 0.2) is 349 Å². The van der Waals surface area contributed by atoms with Gasteiger partial charge in [-0.1, -0.05) is 291 Å². The maximum atomic E-state index is 6.53. The zero-order chi connectivity index (χ0) is 71.2. The molecule has 0 N–H and O–H groups in total. The normalized spacial score (nSPS) is 11.7. The Hall–Kier alpha value is -14.0. The molecule has 108 heavy (non-hydrogen) atoms. The van der Waals surface area contributed by atoms with Gasteiger partial charge in [0.15, 0.2) is 34.9 Å². The maximum Gasteiger partial charge on any atom is 0.164 e. The fourth-order valence-electron chi connectivity index (χ4n) is 15.2. The number of hydrogen-bond donors (Lipinski definition) is 0. The number of hydrogen-bond acceptors (Lipinski definition) is 12. The Kier molecular flexibility index (Phi) is 15.0. The third-order valence-electron chi connectivity index (χ3n) is 20.3. The van der Waals surface area contributed by atoms with Gasteiger partial charge in [-0.2, -0.15) is 0 Å². The fourth-order valence-corrected chi connectivity index (χ4v) is 17.7. The van der Waals surface area contributed by atoms with Crippen LogP contribution >= 0.6 is 22.7 Å². The van der Waals surface area contributed by atoms with Crippen molar-refractivity contribution in [2.24, 2.45) is 0 Å². The van der Waals surface area contributed by atoms with Crippen LogP contribution in [0.2, 0.25) is 0 Å². The molecule has 0 spiro atoms. The third-order valence-corrected chi connectivity index (χ3v) is 22.7. The molecule has 0 saturated heterocycles. The van der Waals surface area contributed by atoms with Crippen molar-refractivity contribution in [3.8, 4) is 113 Å². The molecular weight excluding hydrogens is 1360 g/mol. The summed E-state index contributed by atoms with van der Waals surface area (Å²) in [5, 5.41) is 11.4. The number of fused-ring (bicyclic) bond motifs is 16. The quantitative estimate of drug-likeness (QED) is 0.130. The van der Waals surface area contributed by atoms with Gasteiger partial charge in [0.25, 0.3) is 0 Å². The Balaban J connectivity index is 0.000000138. The molecule has 0 radical (unpaired) electrons. The number of pyridine rings is 2. The highest BCUT2D eigenvalue weighted by molar-refractivity contribution is 7.27. The van der Waals surface area contributed by atoms with E-state index in [1.807, 2.05) is 168 Å². The first-order chi connectivity index (χ1) is 53.5. The van der Waals surface area contributed by atoms with Crippen LogP contribution in [0.4, 0.5) is 0 Å². The van der Waals surface area contributed by atoms with Gasteiger partial charge in [0, 0.05) is 128 Å². The van der Waals surface area contributed by atoms with Gasteiger partial charge in [0.05, 0.1) is 22.4 Å². The van der Waals surface area contributed by atoms with Gasteiger partial charge in [0.1, 0.15) is 22.3 Å². The molecule has 8 aromatic heterocycles. The number of aromatic nitrogens is 8. The van der Waals surface area contributed by atoms with Crippen molar-refractivity contribution in [1.82, 2.24) is 39.9 Å². The van der Waals surface area contributed by atoms with Gasteiger partial charge >= 0.3 is 0 Å². The van der Waals surface area contributed by atoms with Crippen LogP contribution in [0.25, 0.3) is 219 Å². The van der Waals surface area contributed by atoms with E-state index in [1.165, 1.54) is 29.6 Å². The molecule has 0 amide bonds. The predicted octanol–water partition coefficient (Wildman–Crippen LogP) is 26.0. The van der Waals surface area contributed by atoms with E-state index in [0.29, 0.717) is 34.9 Å². The molecule has 0 bridgehead atoms. The van der Waals surface area contributed by atoms with Crippen molar-refractivity contribution >= 4 is 129 Å². The number of rotatable bonds is 10. The van der Waals surface area contributed by atoms with E-state index in [-0.39, 0.29) is 0 Å². The molecule has 0 aliphatic rings. The minimum absolute atomic E-state index is 0.612. The average molecular weight is 1420 g/mol. The lowest BCUT2D eigenvalue weighted by Gasteiger charge is -2.12. The van der Waals surface area contributed by atoms with Crippen molar-refractivity contribution in [2.75, 3.05) is 0 Å². The Morgan fingerprint density at radius 2 is 0.574 bits per heavy atom. The summed E-state index contributed by atoms with van der Waals surface area (Å²) in [6.07, 6.45) is 0. The number of furan rings is 2. The minimum atomic E-state index is 0.612. The first kappa shape index (κ1) is 62.5. The number of nitrogens with zero attached hydrogens (tertiary/aromatic N) is 8. The molecule has 0 aliphatic heterocycles. The molecule has 0 saturated carbocycles. The average Bonchev–Trinajstić information content (AvgIpc) is 1.52. The van der Waals surface area contributed by atoms with Crippen LogP contribution in [0.5, 0.6) is 0 Å². The zero-order valence-corrected chi connectivity index (χ0v) is 59.2. The van der Waals surface area contributed by atoms with Gasteiger partial charge in [-0.15, -0.1) is 22.7 Å². The highest BCUT2D eigenvalue weighted by Crippen LogP contribution is 2.49. The van der Waals surface area contributed by atoms with Crippen molar-refractivity contribution in [3.63, 3.8) is 0 Å². The summed E-state index contributed by atoms with van der Waals surface area (Å²) in [6, 6.07) is 117. The second kappa shape index (κ2) is 26.0. The van der Waals surface area contributed by atoms with E-state index in [0.717, 1.165) is 155 Å². The maximum absolute atomic E-state index is 6.53. The standard InChI is InChI=1S/2C48H28N4OS/c1-3-13-29(14-4-1)46-50-47(30-15-5-2-6-16-30)52-48(51-46)33-18-11-17-32(27-33)43-42-37-20-8-10-24-41(37)54-45(42)38-28-31(25-26-39(38)49-43)34-21-12-22-36-35-19-7-9-23-40(35)53-44(34)36;1-3-13-30(14-4-1)46-50-47(31-15-5-2-6-16-31)52-48(51-46)32-27-25-29(26-28-32)43-42-37-18-8-10-24-40(37)54-45(42)41-34(19-12-22-38(41)49-43)36-21-11-20-35-33-17-7-9-23-39(33)53-44(35)36/h2*1-28H. The second-order valence-corrected chi connectivity index (χ2v) is 28.9. The summed E-state index contributed by atoms with van der Waals surface area (Å²) in [5.41, 5.74) is 19.3. The Morgan fingerprint density at radius 1 is 0.204 bits per heavy atom. The van der Waals surface area contributed by atoms with Gasteiger partial charge < -0.3 is 8.83 Å². The van der Waals surface area contributed by atoms with Crippen molar-refractivity contribution < 1.29 is 8.83 Å². The highest BCUT2D eigenvalue weighted by atomic mass is 32.1. The van der Waals surface area contributed by atoms with Crippen molar-refractivity contribution in [1.29, 1.82) is 0 Å². The first-order valence-corrected chi connectivity index (χ1v) is 37.4. The van der Waals surface area contributed by atoms with E-state index < -0.39 is 0 Å². The number of thiophene rings is 2. The third kappa shape index (κ3) is 10.8. The highest BCUT2D eigenvalue weighted by Gasteiger charge is 2.24. The van der Waals surface area contributed by atoms with Crippen LogP contribution in [-0.4, -0.2) is 39.9 Å². The van der Waals surface area contributed by atoms with Crippen LogP contribution in [0.3, 0.4) is 0 Å². The summed E-state index contributed by atoms with van der Waals surface area (Å²) in [7, 11) is 0. The van der Waals surface area contributed by atoms with E-state index >= 15 is 0 Å². The molecule has 8 heterocycles. The van der Waals surface area contributed by atoms with E-state index in [1.54, 1.807) is 0 Å². The molecule has 10 nitrogen and oxygen atoms in total. The lowest BCUT2D eigenvalue weighted by atomic mass is 9.95. The van der Waals surface area contributed by atoms with E-state index in [4.69, 9.17) is 48.7 Å². The first-order valence-electron chi connectivity index (χ1n) is 35.8. The molecule has 0 aliphatic carbocycles. The molecule has 0 unspecified atom stereocenters. The summed E-state index contributed by atoms with van der Waals surface area (Å²) in [6.45, 7) is 0. The molecule has 12 heteroatoms. The van der Waals surface area contributed by atoms with Crippen LogP contribution in [-0.2, 0) is 0 Å². The number of benzene rings is 14. The van der Waals surface area contributed by atoms with Crippen LogP contribution < -0.4 is 0 Å². The van der Waals surface area contributed by atoms with E-state index in [9.17, 15) is 0 Å². The molecule has 14 aromatic carbocycles. The molecular formula is C96H56N8O2S2. The second-order valence-electron chi connectivity index (χ2n) is 26.8. The summed E-state index contributed by atoms with van der Waals surface area (Å²) < 4.78 is 17.8. The topological polar surface area (TPSA) is 129 Å². The Morgan fingerprint density at radius 3 is 1.13 bits per heavy atom. The van der Waals surface area contributed by atoms with Crippen molar-refractivity contribution in [2.45, 2.75) is 0 Å². The SMILES string of the molecule is c1ccc(-c2nc(-c3ccccc3)nc(-c3ccc(-c4nc5cccc(-c6cccc7c6oc6ccccc67)c5c5sc6ccccc6c45)cc3)n2)cc1.c1ccc(-c2nc(-c3ccccc3)nc(-c3cccc(-c4nc5ccc(-c6cccc7c6oc6ccccc67)cc5c5sc6ccccc6c45)c3)n2)cc1. The van der Waals surface area contributed by atoms with Crippen LogP contribution in [0.1, 0.15) is 0 Å². The molecule has 0 atom stereocenters. The molecule has 0 fully saturated rings. The smallest absolute Gasteiger partial charge is 0.164 e. The summed E-state index contributed by atoms with van der Waals surface area (Å²) in [5.74, 6) is 3.78. The fraction of sp³-hybridized carbons (Fsp3) is 0. The van der Waals surface area contributed by atoms with Gasteiger partial charge in [-0.3, -0.25) is 0 Å². The van der Waals surface area contributed by atoms with E-state index in [2.05, 4.69) is 194 Å². The van der Waals surface area contributed by atoms with Crippen molar-refractivity contribution in [3.05, 3.63) is 340 Å². The van der Waals surface area contributed by atoms with Gasteiger partial charge in [-0.05, 0) is 59.7 Å².